The van der Waals surface area contributed by atoms with Gasteiger partial charge in [-0.2, -0.15) is 0 Å². The molecule has 3 aliphatic heterocycles. The summed E-state index contributed by atoms with van der Waals surface area (Å²) in [6.45, 7) is 3.80. The zero-order chi connectivity index (χ0) is 31.5. The Morgan fingerprint density at radius 3 is 2.40 bits per heavy atom. The molecule has 236 valence electrons. The highest BCUT2D eigenvalue weighted by molar-refractivity contribution is 9.11. The Morgan fingerprint density at radius 1 is 1.00 bits per heavy atom. The molecule has 4 N–H and O–H groups in total. The van der Waals surface area contributed by atoms with Gasteiger partial charge in [-0.25, -0.2) is 19.6 Å². The molecule has 0 saturated carbocycles. The van der Waals surface area contributed by atoms with Crippen molar-refractivity contribution in [2.24, 2.45) is 0 Å². The first-order chi connectivity index (χ1) is 21.8. The van der Waals surface area contributed by atoms with Gasteiger partial charge in [-0.15, -0.1) is 0 Å². The average molecular weight is 741 g/mol. The first-order valence-electron chi connectivity index (χ1n) is 15.0. The number of amides is 5. The Balaban J connectivity index is 1.11. The Hall–Kier alpha value is -3.91. The van der Waals surface area contributed by atoms with Crippen LogP contribution in [0.3, 0.4) is 0 Å². The zero-order valence-electron chi connectivity index (χ0n) is 24.7. The van der Waals surface area contributed by atoms with E-state index in [9.17, 15) is 14.4 Å². The fourth-order valence-electron chi connectivity index (χ4n) is 6.18. The fraction of sp³-hybridized carbons (Fsp3) is 0.387. The molecule has 0 unspecified atom stereocenters. The van der Waals surface area contributed by atoms with Gasteiger partial charge in [0.1, 0.15) is 18.2 Å². The number of benzene rings is 2. The van der Waals surface area contributed by atoms with E-state index in [1.807, 2.05) is 52.3 Å². The van der Waals surface area contributed by atoms with Crippen LogP contribution < -0.4 is 21.3 Å². The molecule has 1 aromatic heterocycles. The normalized spacial score (nSPS) is 17.9. The SMILES string of the molecule is Nc1c(Br)cc(C[C@@H](NC(=O)N2CCC(N3Cc4ccccc4NC3=O)CC2)C(=O)N2CCN(c3ccncn3)CC2)cc1Br. The number of carbonyl (C=O) groups is 3. The van der Waals surface area contributed by atoms with Crippen molar-refractivity contribution in [1.82, 2.24) is 30.0 Å². The summed E-state index contributed by atoms with van der Waals surface area (Å²) in [7, 11) is 0. The van der Waals surface area contributed by atoms with Gasteiger partial charge in [-0.3, -0.25) is 4.79 Å². The number of aromatic nitrogens is 2. The summed E-state index contributed by atoms with van der Waals surface area (Å²) in [6, 6.07) is 12.3. The third-order valence-corrected chi connectivity index (χ3v) is 10.0. The molecule has 1 atom stereocenters. The number of hydrogen-bond acceptors (Lipinski definition) is 7. The van der Waals surface area contributed by atoms with E-state index in [0.717, 1.165) is 22.6 Å². The van der Waals surface area contributed by atoms with Crippen LogP contribution in [0.2, 0.25) is 0 Å². The summed E-state index contributed by atoms with van der Waals surface area (Å²) in [5, 5.41) is 6.04. The van der Waals surface area contributed by atoms with Crippen LogP contribution in [0.25, 0.3) is 0 Å². The number of halogens is 2. The van der Waals surface area contributed by atoms with Crippen LogP contribution in [0.5, 0.6) is 0 Å². The van der Waals surface area contributed by atoms with E-state index in [1.54, 1.807) is 11.1 Å². The van der Waals surface area contributed by atoms with Crippen molar-refractivity contribution in [3.63, 3.8) is 0 Å². The number of nitrogens with two attached hydrogens (primary N) is 1. The molecule has 0 bridgehead atoms. The highest BCUT2D eigenvalue weighted by atomic mass is 79.9. The number of fused-ring (bicyclic) bond motifs is 1. The predicted octanol–water partition coefficient (Wildman–Crippen LogP) is 4.07. The summed E-state index contributed by atoms with van der Waals surface area (Å²) in [5.74, 6) is 0.696. The van der Waals surface area contributed by atoms with Crippen molar-refractivity contribution in [3.05, 3.63) is 75.1 Å². The van der Waals surface area contributed by atoms with Crippen molar-refractivity contribution >= 4 is 67.0 Å². The topological polar surface area (TPSA) is 140 Å². The monoisotopic (exact) mass is 739 g/mol. The molecular weight excluding hydrogens is 706 g/mol. The Labute approximate surface area is 278 Å². The number of nitrogens with zero attached hydrogens (tertiary/aromatic N) is 6. The van der Waals surface area contributed by atoms with Crippen LogP contribution in [0, 0.1) is 0 Å². The molecule has 2 saturated heterocycles. The maximum absolute atomic E-state index is 13.9. The van der Waals surface area contributed by atoms with Gasteiger partial charge in [-0.1, -0.05) is 18.2 Å². The van der Waals surface area contributed by atoms with E-state index < -0.39 is 6.04 Å². The second kappa shape index (κ2) is 13.6. The summed E-state index contributed by atoms with van der Waals surface area (Å²) >= 11 is 7.00. The van der Waals surface area contributed by atoms with Gasteiger partial charge in [0.15, 0.2) is 0 Å². The maximum Gasteiger partial charge on any atom is 0.322 e. The quantitative estimate of drug-likeness (QED) is 0.324. The summed E-state index contributed by atoms with van der Waals surface area (Å²) in [4.78, 5) is 56.3. The second-order valence-electron chi connectivity index (χ2n) is 11.5. The number of piperazine rings is 1. The molecule has 6 rings (SSSR count). The molecule has 14 heteroatoms. The standard InChI is InChI=1S/C31H35Br2N9O3/c32-23-15-20(16-24(33)28(23)34)17-26(29(43)40-13-11-39(12-14-40)27-5-8-35-19-36-27)38-30(44)41-9-6-22(7-10-41)42-18-21-3-1-2-4-25(21)37-31(42)45/h1-5,8,15-16,19,22,26H,6-7,9-14,17-18,34H2,(H,37,45)(H,38,44)/t26-/m1/s1. The number of carbonyl (C=O) groups excluding carboxylic acids is 3. The lowest BCUT2D eigenvalue weighted by Crippen LogP contribution is -2.58. The van der Waals surface area contributed by atoms with Crippen molar-refractivity contribution in [3.8, 4) is 0 Å². The van der Waals surface area contributed by atoms with Crippen molar-refractivity contribution in [2.45, 2.75) is 37.9 Å². The van der Waals surface area contributed by atoms with Gasteiger partial charge in [0, 0.05) is 79.1 Å². The molecule has 0 aliphatic carbocycles. The van der Waals surface area contributed by atoms with Crippen LogP contribution in [0.15, 0.2) is 63.9 Å². The number of hydrogen-bond donors (Lipinski definition) is 3. The summed E-state index contributed by atoms with van der Waals surface area (Å²) in [6.07, 6.45) is 4.84. The molecule has 0 spiro atoms. The molecule has 2 fully saturated rings. The largest absolute Gasteiger partial charge is 0.397 e. The van der Waals surface area contributed by atoms with Gasteiger partial charge in [0.05, 0.1) is 5.69 Å². The van der Waals surface area contributed by atoms with E-state index >= 15 is 0 Å². The van der Waals surface area contributed by atoms with E-state index in [4.69, 9.17) is 5.73 Å². The lowest BCUT2D eigenvalue weighted by atomic mass is 10.0. The first kappa shape index (κ1) is 31.1. The highest BCUT2D eigenvalue weighted by Crippen LogP contribution is 2.31. The third-order valence-electron chi connectivity index (χ3n) is 8.71. The van der Waals surface area contributed by atoms with Gasteiger partial charge in [0.25, 0.3) is 0 Å². The number of piperidine rings is 1. The van der Waals surface area contributed by atoms with Crippen molar-refractivity contribution in [1.29, 1.82) is 0 Å². The number of para-hydroxylation sites is 1. The molecule has 4 heterocycles. The fourth-order valence-corrected chi connectivity index (χ4v) is 7.46. The summed E-state index contributed by atoms with van der Waals surface area (Å²) in [5.41, 5.74) is 9.46. The van der Waals surface area contributed by atoms with Crippen molar-refractivity contribution in [2.75, 3.05) is 55.2 Å². The number of rotatable bonds is 6. The van der Waals surface area contributed by atoms with E-state index in [-0.39, 0.29) is 24.0 Å². The van der Waals surface area contributed by atoms with Crippen LogP contribution in [-0.4, -0.2) is 94.0 Å². The number of urea groups is 2. The Kier molecular flexibility index (Phi) is 9.40. The van der Waals surface area contributed by atoms with Gasteiger partial charge in [-0.05, 0) is 80.1 Å². The summed E-state index contributed by atoms with van der Waals surface area (Å²) < 4.78 is 1.43. The minimum absolute atomic E-state index is 0.0236. The molecule has 12 nitrogen and oxygen atoms in total. The Morgan fingerprint density at radius 2 is 1.71 bits per heavy atom. The van der Waals surface area contributed by atoms with E-state index in [1.165, 1.54) is 6.33 Å². The molecule has 2 aromatic carbocycles. The molecule has 5 amide bonds. The highest BCUT2D eigenvalue weighted by Gasteiger charge is 2.35. The van der Waals surface area contributed by atoms with Crippen LogP contribution >= 0.6 is 31.9 Å². The predicted molar refractivity (Wildman–Crippen MR) is 179 cm³/mol. The van der Waals surface area contributed by atoms with Crippen LogP contribution in [0.1, 0.15) is 24.0 Å². The van der Waals surface area contributed by atoms with Crippen LogP contribution in [-0.2, 0) is 17.8 Å². The minimum atomic E-state index is -0.771. The minimum Gasteiger partial charge on any atom is -0.397 e. The number of nitrogen functional groups attached to an aromatic ring is 1. The van der Waals surface area contributed by atoms with E-state index in [2.05, 4.69) is 57.4 Å². The van der Waals surface area contributed by atoms with Crippen molar-refractivity contribution < 1.29 is 14.4 Å². The van der Waals surface area contributed by atoms with Gasteiger partial charge in [0.2, 0.25) is 5.91 Å². The van der Waals surface area contributed by atoms with Gasteiger partial charge < -0.3 is 36.0 Å². The number of nitrogens with one attached hydrogen (secondary N) is 2. The third kappa shape index (κ3) is 7.01. The maximum atomic E-state index is 13.9. The Bertz CT molecular complexity index is 1540. The zero-order valence-corrected chi connectivity index (χ0v) is 27.8. The smallest absolute Gasteiger partial charge is 0.322 e. The molecular formula is C31H35Br2N9O3. The molecule has 3 aromatic rings. The first-order valence-corrected chi connectivity index (χ1v) is 16.6. The van der Waals surface area contributed by atoms with Crippen LogP contribution in [0.4, 0.5) is 26.8 Å². The van der Waals surface area contributed by atoms with E-state index in [0.29, 0.717) is 79.7 Å². The lowest BCUT2D eigenvalue weighted by Gasteiger charge is -2.41. The molecule has 45 heavy (non-hydrogen) atoms. The van der Waals surface area contributed by atoms with Gasteiger partial charge >= 0.3 is 12.1 Å². The number of anilines is 3. The lowest BCUT2D eigenvalue weighted by molar-refractivity contribution is -0.133. The molecule has 3 aliphatic rings. The molecule has 0 radical (unpaired) electrons. The number of likely N-dealkylation sites (tertiary alicyclic amines) is 1. The average Bonchev–Trinajstić information content (AvgIpc) is 3.06. The second-order valence-corrected chi connectivity index (χ2v) is 13.2.